The molecular weight excluding hydrogens is 542 g/mol. The Morgan fingerprint density at radius 1 is 0.927 bits per heavy atom. The van der Waals surface area contributed by atoms with Crippen LogP contribution >= 0.6 is 0 Å². The van der Waals surface area contributed by atoms with Crippen LogP contribution in [0.25, 0.3) is 0 Å². The second kappa shape index (κ2) is 11.8. The van der Waals surface area contributed by atoms with E-state index in [4.69, 9.17) is 0 Å². The molecule has 3 aromatic carbocycles. The highest BCUT2D eigenvalue weighted by molar-refractivity contribution is 7.89. The van der Waals surface area contributed by atoms with Gasteiger partial charge < -0.3 is 15.7 Å². The minimum atomic E-state index is -3.81. The van der Waals surface area contributed by atoms with Gasteiger partial charge in [0.25, 0.3) is 5.91 Å². The van der Waals surface area contributed by atoms with Crippen LogP contribution in [0.15, 0.2) is 71.6 Å². The lowest BCUT2D eigenvalue weighted by Gasteiger charge is -2.33. The van der Waals surface area contributed by atoms with Crippen molar-refractivity contribution >= 4 is 39.1 Å². The fraction of sp³-hybridized carbons (Fsp3) is 0.323. The summed E-state index contributed by atoms with van der Waals surface area (Å²) in [6.45, 7) is 8.15. The fourth-order valence-electron chi connectivity index (χ4n) is 4.76. The van der Waals surface area contributed by atoms with Gasteiger partial charge in [0, 0.05) is 35.9 Å². The summed E-state index contributed by atoms with van der Waals surface area (Å²) in [6, 6.07) is 17.3. The van der Waals surface area contributed by atoms with E-state index in [2.05, 4.69) is 31.4 Å². The van der Waals surface area contributed by atoms with Gasteiger partial charge in [0.15, 0.2) is 5.78 Å². The van der Waals surface area contributed by atoms with Gasteiger partial charge in [0.05, 0.1) is 16.1 Å². The van der Waals surface area contributed by atoms with Crippen LogP contribution in [-0.2, 0) is 15.4 Å². The maximum absolute atomic E-state index is 13.3. The molecule has 0 aromatic heterocycles. The second-order valence-electron chi connectivity index (χ2n) is 11.3. The topological polar surface area (TPSA) is 133 Å². The first-order valence-electron chi connectivity index (χ1n) is 13.4. The number of hydrogen-bond donors (Lipinski definition) is 3. The Morgan fingerprint density at radius 3 is 2.15 bits per heavy atom. The molecular formula is C31H35N3O6S. The first-order valence-corrected chi connectivity index (χ1v) is 14.9. The normalized spacial score (nSPS) is 16.1. The Balaban J connectivity index is 1.50. The molecule has 10 heteroatoms. The van der Waals surface area contributed by atoms with Crippen molar-refractivity contribution < 1.29 is 27.9 Å². The zero-order chi connectivity index (χ0) is 29.9. The van der Waals surface area contributed by atoms with E-state index in [9.17, 15) is 27.9 Å². The lowest BCUT2D eigenvalue weighted by molar-refractivity contribution is 0.0697. The molecule has 1 amide bonds. The molecule has 1 heterocycles. The number of carboxylic acids is 1. The lowest BCUT2D eigenvalue weighted by Crippen LogP contribution is -2.45. The Labute approximate surface area is 240 Å². The number of amides is 1. The number of nitrogens with one attached hydrogen (secondary N) is 2. The largest absolute Gasteiger partial charge is 0.478 e. The van der Waals surface area contributed by atoms with Gasteiger partial charge in [-0.3, -0.25) is 9.59 Å². The number of sulfonamides is 1. The van der Waals surface area contributed by atoms with Crippen molar-refractivity contribution in [1.82, 2.24) is 4.31 Å². The van der Waals surface area contributed by atoms with Crippen LogP contribution in [0.1, 0.15) is 77.2 Å². The summed E-state index contributed by atoms with van der Waals surface area (Å²) < 4.78 is 28.0. The highest BCUT2D eigenvalue weighted by Crippen LogP contribution is 2.27. The minimum absolute atomic E-state index is 0.0114. The monoisotopic (exact) mass is 577 g/mol. The molecule has 3 N–H and O–H groups in total. The summed E-state index contributed by atoms with van der Waals surface area (Å²) in [5.41, 5.74) is 2.66. The van der Waals surface area contributed by atoms with E-state index in [0.717, 1.165) is 5.56 Å². The zero-order valence-corrected chi connectivity index (χ0v) is 24.4. The standard InChI is InChI=1S/C31H35N3O6S/c1-20(35)21-9-14-26(15-10-21)41(39,40)34-17-5-6-25(19-34)32-28-18-24(13-16-27(28)30(37)38)33-29(36)22-7-11-23(12-8-22)31(2,3)4/h7-16,18,25,32H,5-6,17,19H2,1-4H3,(H,33,36)(H,37,38). The summed E-state index contributed by atoms with van der Waals surface area (Å²) in [6.07, 6.45) is 1.21. The lowest BCUT2D eigenvalue weighted by atomic mass is 9.87. The molecule has 0 aliphatic carbocycles. The van der Waals surface area contributed by atoms with Gasteiger partial charge in [-0.15, -0.1) is 0 Å². The van der Waals surface area contributed by atoms with Gasteiger partial charge >= 0.3 is 5.97 Å². The van der Waals surface area contributed by atoms with Crippen LogP contribution in [-0.4, -0.2) is 54.6 Å². The number of piperidine rings is 1. The summed E-state index contributed by atoms with van der Waals surface area (Å²) in [4.78, 5) is 36.5. The van der Waals surface area contributed by atoms with Crippen LogP contribution in [0.2, 0.25) is 0 Å². The highest BCUT2D eigenvalue weighted by atomic mass is 32.2. The number of carbonyl (C=O) groups is 3. The van der Waals surface area contributed by atoms with Gasteiger partial charge in [-0.05, 0) is 73.2 Å². The molecule has 0 spiro atoms. The molecule has 1 aliphatic heterocycles. The minimum Gasteiger partial charge on any atom is -0.478 e. The van der Waals surface area contributed by atoms with Crippen molar-refractivity contribution in [2.24, 2.45) is 0 Å². The molecule has 1 atom stereocenters. The predicted octanol–water partition coefficient (Wildman–Crippen LogP) is 5.40. The van der Waals surface area contributed by atoms with Crippen molar-refractivity contribution in [2.45, 2.75) is 56.9 Å². The molecule has 3 aromatic rings. The Hall–Kier alpha value is -4.02. The number of aromatic carboxylic acids is 1. The average Bonchev–Trinajstić information content (AvgIpc) is 2.93. The average molecular weight is 578 g/mol. The van der Waals surface area contributed by atoms with E-state index >= 15 is 0 Å². The van der Waals surface area contributed by atoms with E-state index in [1.807, 2.05) is 12.1 Å². The van der Waals surface area contributed by atoms with Gasteiger partial charge in [0.2, 0.25) is 10.0 Å². The number of hydrogen-bond acceptors (Lipinski definition) is 6. The van der Waals surface area contributed by atoms with Crippen molar-refractivity contribution in [1.29, 1.82) is 0 Å². The zero-order valence-electron chi connectivity index (χ0n) is 23.6. The van der Waals surface area contributed by atoms with Crippen molar-refractivity contribution in [2.75, 3.05) is 23.7 Å². The molecule has 1 aliphatic rings. The highest BCUT2D eigenvalue weighted by Gasteiger charge is 2.31. The number of benzene rings is 3. The Bertz CT molecular complexity index is 1560. The SMILES string of the molecule is CC(=O)c1ccc(S(=O)(=O)N2CCCC(Nc3cc(NC(=O)c4ccc(C(C)(C)C)cc4)ccc3C(=O)O)C2)cc1. The fourth-order valence-corrected chi connectivity index (χ4v) is 6.29. The van der Waals surface area contributed by atoms with Gasteiger partial charge in [0.1, 0.15) is 0 Å². The molecule has 1 unspecified atom stereocenters. The molecule has 216 valence electrons. The quantitative estimate of drug-likeness (QED) is 0.305. The third kappa shape index (κ3) is 7.01. The number of ketones is 1. The summed E-state index contributed by atoms with van der Waals surface area (Å²) in [5.74, 6) is -1.62. The maximum Gasteiger partial charge on any atom is 0.337 e. The molecule has 0 saturated carbocycles. The van der Waals surface area contributed by atoms with Gasteiger partial charge in [-0.2, -0.15) is 4.31 Å². The maximum atomic E-state index is 13.3. The van der Waals surface area contributed by atoms with Crippen LogP contribution in [0.3, 0.4) is 0 Å². The number of carbonyl (C=O) groups excluding carboxylic acids is 2. The van der Waals surface area contributed by atoms with Crippen LogP contribution < -0.4 is 10.6 Å². The molecule has 0 radical (unpaired) electrons. The molecule has 1 fully saturated rings. The molecule has 41 heavy (non-hydrogen) atoms. The summed E-state index contributed by atoms with van der Waals surface area (Å²) >= 11 is 0. The van der Waals surface area contributed by atoms with E-state index in [1.165, 1.54) is 47.6 Å². The smallest absolute Gasteiger partial charge is 0.337 e. The third-order valence-corrected chi connectivity index (χ3v) is 9.04. The van der Waals surface area contributed by atoms with Crippen LogP contribution in [0.4, 0.5) is 11.4 Å². The van der Waals surface area contributed by atoms with Crippen molar-refractivity contribution in [3.05, 3.63) is 89.0 Å². The van der Waals surface area contributed by atoms with Crippen molar-refractivity contribution in [3.63, 3.8) is 0 Å². The number of rotatable bonds is 8. The number of carboxylic acid groups (broad SMARTS) is 1. The molecule has 0 bridgehead atoms. The van der Waals surface area contributed by atoms with Gasteiger partial charge in [-0.25, -0.2) is 13.2 Å². The van der Waals surface area contributed by atoms with E-state index in [1.54, 1.807) is 18.2 Å². The van der Waals surface area contributed by atoms with E-state index < -0.39 is 16.0 Å². The molecule has 9 nitrogen and oxygen atoms in total. The van der Waals surface area contributed by atoms with Crippen molar-refractivity contribution in [3.8, 4) is 0 Å². The van der Waals surface area contributed by atoms with Gasteiger partial charge in [-0.1, -0.05) is 45.0 Å². The molecule has 1 saturated heterocycles. The summed E-state index contributed by atoms with van der Waals surface area (Å²) in [7, 11) is -3.81. The Morgan fingerprint density at radius 2 is 1.56 bits per heavy atom. The molecule has 4 rings (SSSR count). The predicted molar refractivity (Wildman–Crippen MR) is 158 cm³/mol. The third-order valence-electron chi connectivity index (χ3n) is 7.16. The Kier molecular flexibility index (Phi) is 8.65. The first-order chi connectivity index (χ1) is 19.3. The first kappa shape index (κ1) is 30.0. The second-order valence-corrected chi connectivity index (χ2v) is 13.2. The number of nitrogens with zero attached hydrogens (tertiary/aromatic N) is 1. The van der Waals surface area contributed by atoms with Crippen LogP contribution in [0.5, 0.6) is 0 Å². The van der Waals surface area contributed by atoms with E-state index in [0.29, 0.717) is 36.2 Å². The van der Waals surface area contributed by atoms with Crippen LogP contribution in [0, 0.1) is 0 Å². The summed E-state index contributed by atoms with van der Waals surface area (Å²) in [5, 5.41) is 15.8. The van der Waals surface area contributed by atoms with E-state index in [-0.39, 0.29) is 45.8 Å². The number of anilines is 2. The number of Topliss-reactive ketones (excluding diaryl/α,β-unsaturated/α-hetero) is 1.